The minimum Gasteiger partial charge on any atom is -0.239 e. The van der Waals surface area contributed by atoms with Gasteiger partial charge >= 0.3 is 0 Å². The van der Waals surface area contributed by atoms with E-state index in [1.807, 2.05) is 0 Å². The minimum absolute atomic E-state index is 0.471. The van der Waals surface area contributed by atoms with Gasteiger partial charge in [0.1, 0.15) is 5.15 Å². The second-order valence-corrected chi connectivity index (χ2v) is 3.05. The van der Waals surface area contributed by atoms with Gasteiger partial charge in [-0.1, -0.05) is 39.1 Å². The molecule has 1 aromatic rings. The maximum Gasteiger partial charge on any atom is 0.129 e. The maximum absolute atomic E-state index is 5.75. The Balaban J connectivity index is 3.09. The van der Waals surface area contributed by atoms with Crippen LogP contribution in [0.2, 0.25) is 10.2 Å². The lowest BCUT2D eigenvalue weighted by molar-refractivity contribution is 1.19. The largest absolute Gasteiger partial charge is 0.239 e. The molecule has 0 aliphatic heterocycles. The van der Waals surface area contributed by atoms with Gasteiger partial charge < -0.3 is 0 Å². The summed E-state index contributed by atoms with van der Waals surface area (Å²) < 4.78 is 0. The quantitative estimate of drug-likeness (QED) is 0.543. The van der Waals surface area contributed by atoms with Crippen LogP contribution in [0.3, 0.4) is 0 Å². The molecule has 1 rings (SSSR count). The Bertz CT molecular complexity index is 239. The number of halogens is 3. The van der Waals surface area contributed by atoms with Crippen molar-refractivity contribution in [3.63, 3.8) is 0 Å². The first-order chi connectivity index (χ1) is 4.74. The molecule has 0 saturated carbocycles. The second-order valence-electron chi connectivity index (χ2n) is 1.70. The monoisotopic (exact) mass is 239 g/mol. The molecule has 0 amide bonds. The van der Waals surface area contributed by atoms with Gasteiger partial charge in [0, 0.05) is 5.33 Å². The first kappa shape index (κ1) is 8.31. The van der Waals surface area contributed by atoms with E-state index in [1.54, 1.807) is 12.1 Å². The molecule has 0 fully saturated rings. The van der Waals surface area contributed by atoms with E-state index in [9.17, 15) is 0 Å². The highest BCUT2D eigenvalue weighted by atomic mass is 79.9. The van der Waals surface area contributed by atoms with Gasteiger partial charge in [-0.2, -0.15) is 0 Å². The van der Waals surface area contributed by atoms with Crippen LogP contribution in [0.25, 0.3) is 0 Å². The van der Waals surface area contributed by atoms with E-state index in [0.717, 1.165) is 5.69 Å². The predicted molar refractivity (Wildman–Crippen MR) is 46.9 cm³/mol. The summed E-state index contributed by atoms with van der Waals surface area (Å²) in [5.41, 5.74) is 0.772. The minimum atomic E-state index is 0.471. The lowest BCUT2D eigenvalue weighted by atomic mass is 10.4. The molecule has 0 saturated heterocycles. The van der Waals surface area contributed by atoms with Gasteiger partial charge in [0.05, 0.1) is 10.7 Å². The Morgan fingerprint density at radius 3 is 2.60 bits per heavy atom. The Kier molecular flexibility index (Phi) is 2.96. The van der Waals surface area contributed by atoms with E-state index in [4.69, 9.17) is 23.2 Å². The first-order valence-corrected chi connectivity index (χ1v) is 4.48. The summed E-state index contributed by atoms with van der Waals surface area (Å²) in [4.78, 5) is 3.98. The van der Waals surface area contributed by atoms with Crippen molar-refractivity contribution in [2.45, 2.75) is 5.33 Å². The molecule has 1 heterocycles. The van der Waals surface area contributed by atoms with Crippen LogP contribution in [-0.4, -0.2) is 4.98 Å². The molecule has 0 radical (unpaired) electrons. The average Bonchev–Trinajstić information content (AvgIpc) is 1.94. The third-order valence-electron chi connectivity index (χ3n) is 1.01. The Labute approximate surface area is 77.5 Å². The third kappa shape index (κ3) is 1.84. The summed E-state index contributed by atoms with van der Waals surface area (Å²) in [7, 11) is 0. The highest BCUT2D eigenvalue weighted by Crippen LogP contribution is 2.18. The molecule has 4 heteroatoms. The zero-order chi connectivity index (χ0) is 7.56. The number of alkyl halides is 1. The van der Waals surface area contributed by atoms with Crippen molar-refractivity contribution in [1.82, 2.24) is 4.98 Å². The van der Waals surface area contributed by atoms with Gasteiger partial charge in [-0.3, -0.25) is 0 Å². The molecule has 1 aromatic heterocycles. The number of pyridine rings is 1. The SMILES string of the molecule is Clc1ccc(Cl)c(CBr)n1. The predicted octanol–water partition coefficient (Wildman–Crippen LogP) is 3.28. The lowest BCUT2D eigenvalue weighted by Gasteiger charge is -1.97. The van der Waals surface area contributed by atoms with Crippen LogP contribution in [0.15, 0.2) is 12.1 Å². The van der Waals surface area contributed by atoms with Crippen LogP contribution < -0.4 is 0 Å². The number of hydrogen-bond donors (Lipinski definition) is 0. The Morgan fingerprint density at radius 1 is 1.40 bits per heavy atom. The molecule has 0 unspecified atom stereocenters. The Morgan fingerprint density at radius 2 is 2.10 bits per heavy atom. The van der Waals surface area contributed by atoms with Crippen molar-refractivity contribution in [3.8, 4) is 0 Å². The van der Waals surface area contributed by atoms with Crippen LogP contribution in [0.5, 0.6) is 0 Å². The molecule has 0 aliphatic carbocycles. The normalized spacial score (nSPS) is 9.90. The van der Waals surface area contributed by atoms with Crippen LogP contribution in [-0.2, 0) is 5.33 Å². The third-order valence-corrected chi connectivity index (χ3v) is 2.10. The summed E-state index contributed by atoms with van der Waals surface area (Å²) in [5, 5.41) is 1.74. The highest BCUT2D eigenvalue weighted by molar-refractivity contribution is 9.08. The summed E-state index contributed by atoms with van der Waals surface area (Å²) in [6, 6.07) is 3.39. The number of nitrogens with zero attached hydrogens (tertiary/aromatic N) is 1. The van der Waals surface area contributed by atoms with Crippen LogP contribution in [0.1, 0.15) is 5.69 Å². The Hall–Kier alpha value is 0.210. The van der Waals surface area contributed by atoms with E-state index in [-0.39, 0.29) is 0 Å². The van der Waals surface area contributed by atoms with Gasteiger partial charge in [0.15, 0.2) is 0 Å². The first-order valence-electron chi connectivity index (χ1n) is 2.61. The standard InChI is InChI=1S/C6H4BrCl2N/c7-3-5-4(8)1-2-6(9)10-5/h1-2H,3H2. The number of aromatic nitrogens is 1. The van der Waals surface area contributed by atoms with E-state index in [2.05, 4.69) is 20.9 Å². The van der Waals surface area contributed by atoms with Crippen molar-refractivity contribution in [2.24, 2.45) is 0 Å². The molecule has 10 heavy (non-hydrogen) atoms. The van der Waals surface area contributed by atoms with Crippen molar-refractivity contribution < 1.29 is 0 Å². The molecule has 54 valence electrons. The van der Waals surface area contributed by atoms with E-state index < -0.39 is 0 Å². The summed E-state index contributed by atoms with van der Waals surface area (Å²) in [6.07, 6.45) is 0. The van der Waals surface area contributed by atoms with E-state index in [1.165, 1.54) is 0 Å². The van der Waals surface area contributed by atoms with Crippen LogP contribution in [0.4, 0.5) is 0 Å². The molecule has 0 N–H and O–H groups in total. The summed E-state index contributed by atoms with van der Waals surface area (Å²) in [6.45, 7) is 0. The van der Waals surface area contributed by atoms with E-state index in [0.29, 0.717) is 15.5 Å². The molecule has 0 aliphatic rings. The van der Waals surface area contributed by atoms with Gasteiger partial charge in [0.25, 0.3) is 0 Å². The number of hydrogen-bond acceptors (Lipinski definition) is 1. The molecular weight excluding hydrogens is 237 g/mol. The average molecular weight is 241 g/mol. The highest BCUT2D eigenvalue weighted by Gasteiger charge is 1.99. The summed E-state index contributed by atoms with van der Waals surface area (Å²) >= 11 is 14.6. The fourth-order valence-corrected chi connectivity index (χ4v) is 1.48. The van der Waals surface area contributed by atoms with Gasteiger partial charge in [-0.15, -0.1) is 0 Å². The lowest BCUT2D eigenvalue weighted by Crippen LogP contribution is -1.85. The van der Waals surface area contributed by atoms with Crippen molar-refractivity contribution in [1.29, 1.82) is 0 Å². The second kappa shape index (κ2) is 3.56. The van der Waals surface area contributed by atoms with Gasteiger partial charge in [-0.25, -0.2) is 4.98 Å². The zero-order valence-electron chi connectivity index (χ0n) is 4.94. The van der Waals surface area contributed by atoms with Gasteiger partial charge in [-0.05, 0) is 12.1 Å². The fourth-order valence-electron chi connectivity index (χ4n) is 0.551. The zero-order valence-corrected chi connectivity index (χ0v) is 8.04. The maximum atomic E-state index is 5.75. The van der Waals surface area contributed by atoms with Crippen molar-refractivity contribution >= 4 is 39.1 Å². The van der Waals surface area contributed by atoms with Gasteiger partial charge in [0.2, 0.25) is 0 Å². The molecular formula is C6H4BrCl2N. The molecule has 0 bridgehead atoms. The van der Waals surface area contributed by atoms with Crippen LogP contribution >= 0.6 is 39.1 Å². The van der Waals surface area contributed by atoms with Crippen molar-refractivity contribution in [2.75, 3.05) is 0 Å². The number of rotatable bonds is 1. The fraction of sp³-hybridized carbons (Fsp3) is 0.167. The topological polar surface area (TPSA) is 12.9 Å². The van der Waals surface area contributed by atoms with Crippen LogP contribution in [0, 0.1) is 0 Å². The molecule has 0 spiro atoms. The molecule has 0 aromatic carbocycles. The van der Waals surface area contributed by atoms with Crippen molar-refractivity contribution in [3.05, 3.63) is 28.0 Å². The smallest absolute Gasteiger partial charge is 0.129 e. The molecule has 1 nitrogen and oxygen atoms in total. The molecule has 0 atom stereocenters. The summed E-state index contributed by atoms with van der Waals surface area (Å²) in [5.74, 6) is 0. The van der Waals surface area contributed by atoms with E-state index >= 15 is 0 Å².